The van der Waals surface area contributed by atoms with Crippen molar-refractivity contribution < 1.29 is 4.79 Å². The van der Waals surface area contributed by atoms with Crippen molar-refractivity contribution in [1.82, 2.24) is 4.98 Å². The Morgan fingerprint density at radius 1 is 1.45 bits per heavy atom. The zero-order chi connectivity index (χ0) is 15.7. The number of aromatic nitrogens is 1. The van der Waals surface area contributed by atoms with Gasteiger partial charge in [0.15, 0.2) is 0 Å². The second-order valence-corrected chi connectivity index (χ2v) is 5.98. The first-order chi connectivity index (χ1) is 10.6. The van der Waals surface area contributed by atoms with Crippen LogP contribution >= 0.6 is 0 Å². The van der Waals surface area contributed by atoms with Crippen LogP contribution in [0.3, 0.4) is 0 Å². The lowest BCUT2D eigenvalue weighted by Gasteiger charge is -2.20. The minimum Gasteiger partial charge on any atom is -0.356 e. The molecule has 2 heterocycles. The van der Waals surface area contributed by atoms with Gasteiger partial charge in [0.1, 0.15) is 5.82 Å². The molecule has 1 aliphatic heterocycles. The lowest BCUT2D eigenvalue weighted by Crippen LogP contribution is -2.23. The van der Waals surface area contributed by atoms with E-state index in [1.807, 2.05) is 24.4 Å². The van der Waals surface area contributed by atoms with Gasteiger partial charge in [-0.3, -0.25) is 4.79 Å². The van der Waals surface area contributed by atoms with Crippen molar-refractivity contribution in [3.05, 3.63) is 43.1 Å². The molecule has 1 fully saturated rings. The van der Waals surface area contributed by atoms with Gasteiger partial charge in [0.05, 0.1) is 0 Å². The third-order valence-electron chi connectivity index (χ3n) is 4.34. The van der Waals surface area contributed by atoms with Gasteiger partial charge in [-0.25, -0.2) is 4.98 Å². The number of fused-ring (bicyclic) bond motifs is 1. The van der Waals surface area contributed by atoms with Crippen molar-refractivity contribution in [2.75, 3.05) is 29.9 Å². The summed E-state index contributed by atoms with van der Waals surface area (Å²) in [4.78, 5) is 20.3. The maximum absolute atomic E-state index is 11.7. The average Bonchev–Trinajstić information content (AvgIpc) is 2.98. The van der Waals surface area contributed by atoms with Gasteiger partial charge in [-0.2, -0.15) is 0 Å². The maximum atomic E-state index is 11.7. The molecule has 1 aromatic heterocycles. The van der Waals surface area contributed by atoms with Crippen LogP contribution in [0.1, 0.15) is 13.3 Å². The Kier molecular flexibility index (Phi) is 3.84. The molecule has 0 N–H and O–H groups in total. The van der Waals surface area contributed by atoms with Crippen LogP contribution in [0.15, 0.2) is 43.1 Å². The molecule has 1 aliphatic rings. The van der Waals surface area contributed by atoms with E-state index < -0.39 is 0 Å². The fraction of sp³-hybridized carbons (Fsp3) is 0.333. The normalized spacial score (nSPS) is 17.7. The van der Waals surface area contributed by atoms with Crippen LogP contribution in [0, 0.1) is 5.92 Å². The topological polar surface area (TPSA) is 36.4 Å². The number of benzene rings is 1. The highest BCUT2D eigenvalue weighted by Crippen LogP contribution is 2.31. The van der Waals surface area contributed by atoms with Gasteiger partial charge < -0.3 is 9.80 Å². The van der Waals surface area contributed by atoms with Gasteiger partial charge in [0, 0.05) is 37.4 Å². The molecule has 4 heteroatoms. The molecule has 1 saturated heterocycles. The summed E-state index contributed by atoms with van der Waals surface area (Å²) in [6, 6.07) is 8.05. The van der Waals surface area contributed by atoms with Gasteiger partial charge in [-0.05, 0) is 48.1 Å². The van der Waals surface area contributed by atoms with E-state index >= 15 is 0 Å². The molecule has 1 unspecified atom stereocenters. The van der Waals surface area contributed by atoms with Crippen LogP contribution in [0.2, 0.25) is 0 Å². The molecule has 1 amide bonds. The highest BCUT2D eigenvalue weighted by Gasteiger charge is 2.21. The zero-order valence-corrected chi connectivity index (χ0v) is 13.1. The first kappa shape index (κ1) is 14.6. The SMILES string of the molecule is C=CC(=O)N(C)c1ccc2c(N3CCC(C)C3)nccc2c1. The fourth-order valence-corrected chi connectivity index (χ4v) is 3.00. The van der Waals surface area contributed by atoms with Gasteiger partial charge in [-0.1, -0.05) is 13.5 Å². The number of rotatable bonds is 3. The van der Waals surface area contributed by atoms with Gasteiger partial charge in [-0.15, -0.1) is 0 Å². The van der Waals surface area contributed by atoms with Crippen molar-refractivity contribution in [3.8, 4) is 0 Å². The number of likely N-dealkylation sites (N-methyl/N-ethyl adjacent to an activating group) is 1. The number of carbonyl (C=O) groups excluding carboxylic acids is 1. The first-order valence-electron chi connectivity index (χ1n) is 7.64. The molecule has 1 aromatic carbocycles. The molecule has 4 nitrogen and oxygen atoms in total. The van der Waals surface area contributed by atoms with E-state index in [-0.39, 0.29) is 5.91 Å². The van der Waals surface area contributed by atoms with Crippen molar-refractivity contribution in [3.63, 3.8) is 0 Å². The Morgan fingerprint density at radius 3 is 2.95 bits per heavy atom. The minimum atomic E-state index is -0.109. The molecular formula is C18H21N3O. The summed E-state index contributed by atoms with van der Waals surface area (Å²) in [6.45, 7) is 7.93. The summed E-state index contributed by atoms with van der Waals surface area (Å²) in [5.74, 6) is 1.65. The van der Waals surface area contributed by atoms with Gasteiger partial charge in [0.25, 0.3) is 0 Å². The summed E-state index contributed by atoms with van der Waals surface area (Å²) in [5, 5.41) is 2.24. The lowest BCUT2D eigenvalue weighted by atomic mass is 10.1. The van der Waals surface area contributed by atoms with E-state index in [9.17, 15) is 4.79 Å². The number of pyridine rings is 1. The molecule has 0 radical (unpaired) electrons. The molecule has 3 rings (SSSR count). The van der Waals surface area contributed by atoms with E-state index in [1.54, 1.807) is 11.9 Å². The molecule has 0 bridgehead atoms. The second kappa shape index (κ2) is 5.79. The van der Waals surface area contributed by atoms with Gasteiger partial charge in [0.2, 0.25) is 5.91 Å². The number of anilines is 2. The Labute approximate surface area is 131 Å². The van der Waals surface area contributed by atoms with Crippen LogP contribution in [-0.4, -0.2) is 31.0 Å². The van der Waals surface area contributed by atoms with Crippen LogP contribution < -0.4 is 9.80 Å². The van der Waals surface area contributed by atoms with Gasteiger partial charge >= 0.3 is 0 Å². The Hall–Kier alpha value is -2.36. The number of hydrogen-bond donors (Lipinski definition) is 0. The highest BCUT2D eigenvalue weighted by atomic mass is 16.2. The molecule has 22 heavy (non-hydrogen) atoms. The van der Waals surface area contributed by atoms with Crippen LogP contribution in [0.4, 0.5) is 11.5 Å². The number of hydrogen-bond acceptors (Lipinski definition) is 3. The van der Waals surface area contributed by atoms with Crippen LogP contribution in [0.25, 0.3) is 10.8 Å². The summed E-state index contributed by atoms with van der Waals surface area (Å²) >= 11 is 0. The van der Waals surface area contributed by atoms with Crippen molar-refractivity contribution in [1.29, 1.82) is 0 Å². The number of nitrogens with zero attached hydrogens (tertiary/aromatic N) is 3. The van der Waals surface area contributed by atoms with Crippen molar-refractivity contribution >= 4 is 28.2 Å². The van der Waals surface area contributed by atoms with E-state index in [1.165, 1.54) is 12.5 Å². The summed E-state index contributed by atoms with van der Waals surface area (Å²) in [7, 11) is 1.76. The largest absolute Gasteiger partial charge is 0.356 e. The van der Waals surface area contributed by atoms with E-state index in [0.29, 0.717) is 5.92 Å². The third kappa shape index (κ3) is 2.56. The fourth-order valence-electron chi connectivity index (χ4n) is 3.00. The minimum absolute atomic E-state index is 0.109. The molecule has 2 aromatic rings. The Morgan fingerprint density at radius 2 is 2.27 bits per heavy atom. The summed E-state index contributed by atoms with van der Waals surface area (Å²) in [5.41, 5.74) is 0.865. The van der Waals surface area contributed by atoms with Crippen LogP contribution in [-0.2, 0) is 4.79 Å². The summed E-state index contributed by atoms with van der Waals surface area (Å²) in [6.07, 6.45) is 4.39. The van der Waals surface area contributed by atoms with E-state index in [0.717, 1.165) is 35.4 Å². The molecule has 0 aliphatic carbocycles. The molecular weight excluding hydrogens is 274 g/mol. The molecule has 0 saturated carbocycles. The molecule has 0 spiro atoms. The standard InChI is InChI=1S/C18H21N3O/c1-4-17(22)20(3)15-5-6-16-14(11-15)7-9-19-18(16)21-10-8-13(2)12-21/h4-7,9,11,13H,1,8,10,12H2,2-3H3. The predicted octanol–water partition coefficient (Wildman–Crippen LogP) is 3.23. The van der Waals surface area contributed by atoms with Crippen molar-refractivity contribution in [2.45, 2.75) is 13.3 Å². The summed E-state index contributed by atoms with van der Waals surface area (Å²) < 4.78 is 0. The number of carbonyl (C=O) groups is 1. The predicted molar refractivity (Wildman–Crippen MR) is 91.3 cm³/mol. The average molecular weight is 295 g/mol. The zero-order valence-electron chi connectivity index (χ0n) is 13.1. The van der Waals surface area contributed by atoms with E-state index in [4.69, 9.17) is 0 Å². The molecule has 114 valence electrons. The smallest absolute Gasteiger partial charge is 0.250 e. The van der Waals surface area contributed by atoms with E-state index in [2.05, 4.69) is 29.5 Å². The monoisotopic (exact) mass is 295 g/mol. The quantitative estimate of drug-likeness (QED) is 0.816. The second-order valence-electron chi connectivity index (χ2n) is 5.98. The Balaban J connectivity index is 2.00. The maximum Gasteiger partial charge on any atom is 0.250 e. The van der Waals surface area contributed by atoms with Crippen LogP contribution in [0.5, 0.6) is 0 Å². The first-order valence-corrected chi connectivity index (χ1v) is 7.64. The molecule has 1 atom stereocenters. The highest BCUT2D eigenvalue weighted by molar-refractivity contribution is 6.03. The lowest BCUT2D eigenvalue weighted by molar-refractivity contribution is -0.113. The third-order valence-corrected chi connectivity index (χ3v) is 4.34. The Bertz CT molecular complexity index is 725. The number of amides is 1. The van der Waals surface area contributed by atoms with Crippen molar-refractivity contribution in [2.24, 2.45) is 5.92 Å².